The zero-order valence-electron chi connectivity index (χ0n) is 26.7. The summed E-state index contributed by atoms with van der Waals surface area (Å²) in [5.74, 6) is 0. The van der Waals surface area contributed by atoms with Crippen molar-refractivity contribution in [2.24, 2.45) is 0 Å². The molecule has 0 amide bonds. The molecular weight excluding hydrogens is 617 g/mol. The molecule has 2 aromatic heterocycles. The summed E-state index contributed by atoms with van der Waals surface area (Å²) in [6, 6.07) is 41.5. The largest absolute Gasteiger partial charge is 0.135 e. The maximum atomic E-state index is 4.89. The lowest BCUT2D eigenvalue weighted by Gasteiger charge is -2.15. The van der Waals surface area contributed by atoms with Crippen molar-refractivity contribution in [1.82, 2.24) is 0 Å². The Balaban J connectivity index is 1.42. The minimum absolute atomic E-state index is 0.942. The molecule has 2 heterocycles. The van der Waals surface area contributed by atoms with Crippen LogP contribution in [0.25, 0.3) is 70.1 Å². The zero-order valence-corrected chi connectivity index (χ0v) is 28.3. The van der Waals surface area contributed by atoms with E-state index in [0.29, 0.717) is 0 Å². The fraction of sp³-hybridized carbons (Fsp3) is 0.0435. The molecule has 230 valence electrons. The molecule has 0 bridgehead atoms. The lowest BCUT2D eigenvalue weighted by molar-refractivity contribution is 1.05. The molecule has 0 unspecified atom stereocenters. The van der Waals surface area contributed by atoms with Crippen molar-refractivity contribution in [1.29, 1.82) is 0 Å². The first-order valence-corrected chi connectivity index (χ1v) is 17.9. The Morgan fingerprint density at radius 3 is 2.06 bits per heavy atom. The highest BCUT2D eigenvalue weighted by Crippen LogP contribution is 2.44. The summed E-state index contributed by atoms with van der Waals surface area (Å²) in [7, 11) is 0. The van der Waals surface area contributed by atoms with Crippen molar-refractivity contribution in [3.8, 4) is 10.4 Å². The van der Waals surface area contributed by atoms with Gasteiger partial charge < -0.3 is 0 Å². The number of fused-ring (bicyclic) bond motifs is 5. The number of benzene rings is 5. The van der Waals surface area contributed by atoms with Crippen molar-refractivity contribution < 1.29 is 0 Å². The van der Waals surface area contributed by atoms with Gasteiger partial charge >= 0.3 is 0 Å². The van der Waals surface area contributed by atoms with Crippen molar-refractivity contribution >= 4 is 82.3 Å². The molecule has 0 nitrogen and oxygen atoms in total. The molecule has 0 aliphatic heterocycles. The number of thiophene rings is 2. The van der Waals surface area contributed by atoms with E-state index in [1.807, 2.05) is 34.8 Å². The van der Waals surface area contributed by atoms with Crippen LogP contribution < -0.4 is 20.9 Å². The minimum atomic E-state index is 0.942. The lowest BCUT2D eigenvalue weighted by atomic mass is 9.89. The molecular formula is C46H34S2. The second-order valence-electron chi connectivity index (χ2n) is 12.2. The molecule has 0 spiro atoms. The summed E-state index contributed by atoms with van der Waals surface area (Å²) in [4.78, 5) is 1.26. The molecule has 48 heavy (non-hydrogen) atoms. The van der Waals surface area contributed by atoms with E-state index in [2.05, 4.69) is 147 Å². The van der Waals surface area contributed by atoms with Gasteiger partial charge in [-0.2, -0.15) is 0 Å². The summed E-state index contributed by atoms with van der Waals surface area (Å²) in [5.41, 5.74) is 6.61. The normalized spacial score (nSPS) is 15.6. The Morgan fingerprint density at radius 1 is 0.604 bits per heavy atom. The first kappa shape index (κ1) is 30.1. The molecule has 0 N–H and O–H groups in total. The average molecular weight is 651 g/mol. The van der Waals surface area contributed by atoms with Gasteiger partial charge in [0.15, 0.2) is 0 Å². The monoisotopic (exact) mass is 650 g/mol. The van der Waals surface area contributed by atoms with Crippen LogP contribution in [0.4, 0.5) is 0 Å². The SMILES string of the molecule is C=C(/C=c1/ccccc1=C)C1=c2cccc/c2=C(C(=C)c2cc3c(cc2-c2cc4ccccc4s2)sc2ccccc23)/C=C/CCC=C1. The standard InChI is InChI=1S/C46H34S2/c1-30-16-8-9-17-33(30)26-31(2)35-19-6-4-5-7-20-36(38-22-12-11-21-37(35)38)32(3)40-28-41-39-23-13-15-25-44(39)48-46(41)29-42(40)45-27-34-18-10-14-24-43(34)47-45/h6-29H,1-5H2/b19-6?,20-7+,33-26-,37-35?,38-36+. The van der Waals surface area contributed by atoms with Gasteiger partial charge in [-0.1, -0.05) is 129 Å². The summed E-state index contributed by atoms with van der Waals surface area (Å²) < 4.78 is 3.89. The smallest absolute Gasteiger partial charge is 0.0362 e. The van der Waals surface area contributed by atoms with E-state index in [0.717, 1.165) is 61.6 Å². The number of allylic oxidation sites excluding steroid dienone is 6. The van der Waals surface area contributed by atoms with E-state index in [1.54, 1.807) is 0 Å². The van der Waals surface area contributed by atoms with Gasteiger partial charge in [0.25, 0.3) is 0 Å². The Morgan fingerprint density at radius 2 is 1.27 bits per heavy atom. The van der Waals surface area contributed by atoms with Crippen LogP contribution in [-0.4, -0.2) is 0 Å². The van der Waals surface area contributed by atoms with Gasteiger partial charge in [-0.3, -0.25) is 0 Å². The number of hydrogen-bond acceptors (Lipinski definition) is 2. The van der Waals surface area contributed by atoms with E-state index in [-0.39, 0.29) is 0 Å². The highest BCUT2D eigenvalue weighted by atomic mass is 32.1. The summed E-state index contributed by atoms with van der Waals surface area (Å²) in [6.07, 6.45) is 13.1. The van der Waals surface area contributed by atoms with E-state index in [4.69, 9.17) is 6.58 Å². The van der Waals surface area contributed by atoms with Crippen LogP contribution in [0.1, 0.15) is 18.4 Å². The zero-order chi connectivity index (χ0) is 32.6. The maximum absolute atomic E-state index is 4.89. The third kappa shape index (κ3) is 5.54. The maximum Gasteiger partial charge on any atom is 0.0362 e. The van der Waals surface area contributed by atoms with Gasteiger partial charge in [0.2, 0.25) is 0 Å². The first-order chi connectivity index (χ1) is 23.5. The minimum Gasteiger partial charge on any atom is -0.135 e. The molecule has 0 atom stereocenters. The third-order valence-corrected chi connectivity index (χ3v) is 11.4. The van der Waals surface area contributed by atoms with Crippen LogP contribution in [0.5, 0.6) is 0 Å². The molecule has 1 aliphatic rings. The van der Waals surface area contributed by atoms with Gasteiger partial charge in [-0.05, 0) is 103 Å². The summed E-state index contributed by atoms with van der Waals surface area (Å²) in [6.45, 7) is 13.7. The molecule has 5 aromatic carbocycles. The predicted octanol–water partition coefficient (Wildman–Crippen LogP) is 10.3. The number of hydrogen-bond donors (Lipinski definition) is 0. The van der Waals surface area contributed by atoms with Crippen LogP contribution >= 0.6 is 22.7 Å². The van der Waals surface area contributed by atoms with Crippen molar-refractivity contribution in [3.63, 3.8) is 0 Å². The van der Waals surface area contributed by atoms with Crippen LogP contribution in [0.3, 0.4) is 0 Å². The topological polar surface area (TPSA) is 0 Å². The van der Waals surface area contributed by atoms with E-state index >= 15 is 0 Å². The average Bonchev–Trinajstić information content (AvgIpc) is 3.71. The van der Waals surface area contributed by atoms with Gasteiger partial charge in [0, 0.05) is 35.3 Å². The Kier molecular flexibility index (Phi) is 7.98. The molecule has 2 heteroatoms. The Bertz CT molecular complexity index is 2690. The highest BCUT2D eigenvalue weighted by Gasteiger charge is 2.18. The molecule has 7 aromatic rings. The van der Waals surface area contributed by atoms with Gasteiger partial charge in [-0.25, -0.2) is 0 Å². The summed E-state index contributed by atoms with van der Waals surface area (Å²) in [5, 5.41) is 8.20. The first-order valence-electron chi connectivity index (χ1n) is 16.3. The third-order valence-electron chi connectivity index (χ3n) is 9.17. The lowest BCUT2D eigenvalue weighted by Crippen LogP contribution is -2.29. The molecule has 0 saturated carbocycles. The Hall–Kier alpha value is -5.28. The fourth-order valence-electron chi connectivity index (χ4n) is 6.70. The van der Waals surface area contributed by atoms with Crippen molar-refractivity contribution in [2.75, 3.05) is 0 Å². The molecule has 8 rings (SSSR count). The number of rotatable bonds is 5. The molecule has 1 aliphatic carbocycles. The van der Waals surface area contributed by atoms with Gasteiger partial charge in [0.1, 0.15) is 0 Å². The van der Waals surface area contributed by atoms with Crippen molar-refractivity contribution in [3.05, 3.63) is 185 Å². The molecule has 0 fully saturated rings. The van der Waals surface area contributed by atoms with Crippen LogP contribution in [0.2, 0.25) is 0 Å². The van der Waals surface area contributed by atoms with Gasteiger partial charge in [0.05, 0.1) is 0 Å². The van der Waals surface area contributed by atoms with E-state index in [1.165, 1.54) is 40.7 Å². The summed E-state index contributed by atoms with van der Waals surface area (Å²) >= 11 is 3.72. The van der Waals surface area contributed by atoms with E-state index in [9.17, 15) is 0 Å². The van der Waals surface area contributed by atoms with Gasteiger partial charge in [-0.15, -0.1) is 22.7 Å². The Labute approximate surface area is 289 Å². The van der Waals surface area contributed by atoms with Crippen LogP contribution in [0.15, 0.2) is 158 Å². The second kappa shape index (κ2) is 12.7. The highest BCUT2D eigenvalue weighted by molar-refractivity contribution is 7.26. The van der Waals surface area contributed by atoms with E-state index < -0.39 is 0 Å². The quantitative estimate of drug-likeness (QED) is 0.174. The molecule has 0 radical (unpaired) electrons. The second-order valence-corrected chi connectivity index (χ2v) is 14.4. The van der Waals surface area contributed by atoms with Crippen molar-refractivity contribution in [2.45, 2.75) is 12.8 Å². The fourth-order valence-corrected chi connectivity index (χ4v) is 8.92. The molecule has 0 saturated heterocycles. The van der Waals surface area contributed by atoms with Crippen LogP contribution in [-0.2, 0) is 0 Å². The predicted molar refractivity (Wildman–Crippen MR) is 214 cm³/mol. The van der Waals surface area contributed by atoms with Crippen LogP contribution in [0, 0.1) is 0 Å².